The van der Waals surface area contributed by atoms with E-state index >= 15 is 0 Å². The third-order valence-electron chi connectivity index (χ3n) is 11.5. The number of hydrogen-bond acceptors (Lipinski definition) is 16. The van der Waals surface area contributed by atoms with E-state index in [9.17, 15) is 18.4 Å². The molecule has 2 N–H and O–H groups in total. The molecule has 10 rings (SSSR count). The van der Waals surface area contributed by atoms with E-state index in [0.717, 1.165) is 9.46 Å². The molecule has 2 unspecified atom stereocenters. The molecule has 0 aliphatic heterocycles. The quantitative estimate of drug-likeness (QED) is 0.0915. The zero-order chi connectivity index (χ0) is 48.5. The normalized spacial score (nSPS) is 12.4. The van der Waals surface area contributed by atoms with Gasteiger partial charge in [-0.3, -0.25) is 0 Å². The Hall–Kier alpha value is -8.36. The summed E-state index contributed by atoms with van der Waals surface area (Å²) >= 11 is 13.4. The number of rotatable bonds is 15. The van der Waals surface area contributed by atoms with Gasteiger partial charge in [-0.15, -0.1) is 19.7 Å². The third-order valence-corrected chi connectivity index (χ3v) is 12.1. The average Bonchev–Trinajstić information content (AvgIpc) is 3.97. The number of nitrogens with zero attached hydrogens (tertiary/aromatic N) is 12. The van der Waals surface area contributed by atoms with Crippen LogP contribution in [0.3, 0.4) is 0 Å². The van der Waals surface area contributed by atoms with Crippen LogP contribution in [0.4, 0.5) is 20.4 Å². The van der Waals surface area contributed by atoms with Crippen molar-refractivity contribution >= 4 is 90.9 Å². The second-order valence-corrected chi connectivity index (χ2v) is 16.9. The lowest BCUT2D eigenvalue weighted by atomic mass is 9.92. The van der Waals surface area contributed by atoms with Gasteiger partial charge in [-0.05, 0) is 97.5 Å². The van der Waals surface area contributed by atoms with Gasteiger partial charge in [0.25, 0.3) is 0 Å². The molecule has 350 valence electrons. The van der Waals surface area contributed by atoms with Gasteiger partial charge in [0.15, 0.2) is 22.7 Å². The lowest BCUT2D eigenvalue weighted by Crippen LogP contribution is -2.20. The Kier molecular flexibility index (Phi) is 12.5. The van der Waals surface area contributed by atoms with Crippen molar-refractivity contribution < 1.29 is 28.0 Å². The van der Waals surface area contributed by atoms with E-state index in [0.29, 0.717) is 101 Å². The first-order chi connectivity index (χ1) is 34.0. The summed E-state index contributed by atoms with van der Waals surface area (Å²) < 4.78 is 31.3. The van der Waals surface area contributed by atoms with Crippen molar-refractivity contribution in [2.45, 2.75) is 51.6 Å². The highest BCUT2D eigenvalue weighted by atomic mass is 35.5. The Morgan fingerprint density at radius 2 is 1.04 bits per heavy atom. The van der Waals surface area contributed by atoms with Crippen molar-refractivity contribution in [2.75, 3.05) is 10.6 Å². The molecular formula is C48H36Cl2F2N14O4. The van der Waals surface area contributed by atoms with Crippen LogP contribution in [-0.4, -0.2) is 71.7 Å². The molecule has 0 amide bonds. The van der Waals surface area contributed by atoms with E-state index in [2.05, 4.69) is 60.9 Å². The van der Waals surface area contributed by atoms with Gasteiger partial charge in [0.1, 0.15) is 48.0 Å². The summed E-state index contributed by atoms with van der Waals surface area (Å²) in [6.07, 6.45) is 8.85. The molecular weight excluding hydrogens is 946 g/mol. The van der Waals surface area contributed by atoms with Crippen LogP contribution >= 0.6 is 23.2 Å². The van der Waals surface area contributed by atoms with Crippen molar-refractivity contribution in [3.8, 4) is 22.3 Å². The number of carbonyl (C=O) groups excluding carboxylic acids is 2. The molecule has 0 saturated heterocycles. The molecule has 0 fully saturated rings. The highest BCUT2D eigenvalue weighted by molar-refractivity contribution is 6.36. The predicted octanol–water partition coefficient (Wildman–Crippen LogP) is 9.29. The molecule has 4 aromatic carbocycles. The van der Waals surface area contributed by atoms with Crippen LogP contribution in [0.2, 0.25) is 10.0 Å². The first-order valence-corrected chi connectivity index (χ1v) is 22.5. The van der Waals surface area contributed by atoms with Crippen molar-refractivity contribution in [1.29, 1.82) is 0 Å². The fourth-order valence-electron chi connectivity index (χ4n) is 8.23. The fraction of sp³-hybridized carbons (Fsp3) is 0.167. The van der Waals surface area contributed by atoms with Crippen molar-refractivity contribution in [3.63, 3.8) is 0 Å². The molecule has 18 nitrogen and oxygen atoms in total. The van der Waals surface area contributed by atoms with Crippen LogP contribution in [-0.2, 0) is 9.59 Å². The predicted molar refractivity (Wildman–Crippen MR) is 256 cm³/mol. The van der Waals surface area contributed by atoms with Gasteiger partial charge in [-0.1, -0.05) is 47.5 Å². The number of nitrogens with one attached hydrogen (secondary N) is 2. The third kappa shape index (κ3) is 9.04. The van der Waals surface area contributed by atoms with Gasteiger partial charge < -0.3 is 20.3 Å². The van der Waals surface area contributed by atoms with Gasteiger partial charge >= 0.3 is 11.9 Å². The van der Waals surface area contributed by atoms with Gasteiger partial charge in [0.05, 0.1) is 34.5 Å². The van der Waals surface area contributed by atoms with Crippen LogP contribution in [0.15, 0.2) is 110 Å². The molecule has 0 aliphatic rings. The van der Waals surface area contributed by atoms with Gasteiger partial charge in [-0.2, -0.15) is 10.2 Å². The zero-order valence-electron chi connectivity index (χ0n) is 36.9. The smallest absolute Gasteiger partial charge is 0.333 e. The minimum Gasteiger partial charge on any atom is -0.362 e. The highest BCUT2D eigenvalue weighted by Gasteiger charge is 2.24. The summed E-state index contributed by atoms with van der Waals surface area (Å²) in [5.74, 6) is -1.33. The standard InChI is InChI=1S/C48H36Cl2F2N14O4/c1-25(33-19-35(49)31-13-15-59-63-41(31)39(33)27-7-5-9-29(51)17-27)61-45-43-47(55-21-53-45)65(23-57-43)69-37(67)11-3-4-12-38(68)70-66-24-58-44-46(54-22-56-48(44)66)62-26(2)34-20-36(50)32-14-16-60-64-42(32)40(34)28-8-6-10-30(52)18-28/h5-10,13-26H,3-4,11-12H2,1-2H3,(H,53,55,61)(H,54,56,62). The van der Waals surface area contributed by atoms with E-state index < -0.39 is 35.7 Å². The number of fused-ring (bicyclic) bond motifs is 4. The number of carbonyl (C=O) groups is 2. The van der Waals surface area contributed by atoms with Crippen LogP contribution in [0.1, 0.15) is 62.7 Å². The summed E-state index contributed by atoms with van der Waals surface area (Å²) in [5, 5.41) is 25.7. The van der Waals surface area contributed by atoms with Crippen molar-refractivity contribution in [1.82, 2.24) is 59.8 Å². The average molecular weight is 982 g/mol. The highest BCUT2D eigenvalue weighted by Crippen LogP contribution is 2.41. The minimum atomic E-state index is -0.589. The molecule has 0 saturated carbocycles. The summed E-state index contributed by atoms with van der Waals surface area (Å²) in [6.45, 7) is 3.77. The molecule has 0 spiro atoms. The van der Waals surface area contributed by atoms with E-state index in [4.69, 9.17) is 32.9 Å². The maximum absolute atomic E-state index is 14.5. The Balaban J connectivity index is 0.764. The van der Waals surface area contributed by atoms with Gasteiger partial charge in [0, 0.05) is 34.7 Å². The van der Waals surface area contributed by atoms with E-state index in [1.807, 2.05) is 13.8 Å². The first kappa shape index (κ1) is 45.4. The molecule has 0 aliphatic carbocycles. The first-order valence-electron chi connectivity index (χ1n) is 21.7. The molecule has 2 atom stereocenters. The second-order valence-electron chi connectivity index (χ2n) is 16.0. The molecule has 6 aromatic heterocycles. The van der Waals surface area contributed by atoms with E-state index in [-0.39, 0.29) is 24.1 Å². The number of aromatic nitrogens is 12. The van der Waals surface area contributed by atoms with Crippen LogP contribution in [0, 0.1) is 11.6 Å². The lowest BCUT2D eigenvalue weighted by molar-refractivity contribution is -0.146. The number of benzene rings is 4. The van der Waals surface area contributed by atoms with Crippen LogP contribution in [0.25, 0.3) is 66.4 Å². The Bertz CT molecular complexity index is 3420. The number of halogens is 4. The van der Waals surface area contributed by atoms with Gasteiger partial charge in [-0.25, -0.2) is 48.3 Å². The maximum Gasteiger partial charge on any atom is 0.333 e. The molecule has 0 radical (unpaired) electrons. The maximum atomic E-state index is 14.5. The summed E-state index contributed by atoms with van der Waals surface area (Å²) in [5.41, 5.74) is 5.94. The minimum absolute atomic E-state index is 0.0288. The van der Waals surface area contributed by atoms with Crippen molar-refractivity contribution in [2.24, 2.45) is 0 Å². The SMILES string of the molecule is CC(Nc1ncnc2c1ncn2OC(=O)CCCCC(=O)On1cnc2c(NC(C)c3cc(Cl)c4ccnnc4c3-c3cccc(F)c3)ncnc21)c1cc(Cl)c2ccnnc2c1-c1cccc(F)c1. The van der Waals surface area contributed by atoms with E-state index in [1.54, 1.807) is 48.5 Å². The molecule has 10 aromatic rings. The van der Waals surface area contributed by atoms with Crippen LogP contribution in [0.5, 0.6) is 0 Å². The monoisotopic (exact) mass is 980 g/mol. The fourth-order valence-corrected chi connectivity index (χ4v) is 8.77. The Labute approximate surface area is 405 Å². The molecule has 70 heavy (non-hydrogen) atoms. The molecule has 0 bridgehead atoms. The molecule has 6 heterocycles. The Morgan fingerprint density at radius 1 is 0.600 bits per heavy atom. The number of anilines is 2. The Morgan fingerprint density at radius 3 is 1.47 bits per heavy atom. The number of unbranched alkanes of at least 4 members (excludes halogenated alkanes) is 1. The topological polar surface area (TPSA) is 215 Å². The zero-order valence-corrected chi connectivity index (χ0v) is 38.4. The number of imidazole rings is 2. The molecule has 22 heteroatoms. The van der Waals surface area contributed by atoms with Gasteiger partial charge in [0.2, 0.25) is 11.3 Å². The van der Waals surface area contributed by atoms with Crippen LogP contribution < -0.4 is 20.3 Å². The van der Waals surface area contributed by atoms with E-state index in [1.165, 1.54) is 62.0 Å². The summed E-state index contributed by atoms with van der Waals surface area (Å²) in [7, 11) is 0. The lowest BCUT2D eigenvalue weighted by Gasteiger charge is -2.21. The largest absolute Gasteiger partial charge is 0.362 e. The second kappa shape index (κ2) is 19.3. The number of hydrogen-bond donors (Lipinski definition) is 2. The summed E-state index contributed by atoms with van der Waals surface area (Å²) in [6, 6.07) is 18.5. The van der Waals surface area contributed by atoms with Crippen molar-refractivity contribution in [3.05, 3.63) is 143 Å². The summed E-state index contributed by atoms with van der Waals surface area (Å²) in [4.78, 5) is 63.4.